The molecular formula is C19H37NO3. The lowest BCUT2D eigenvalue weighted by Gasteiger charge is -2.18. The summed E-state index contributed by atoms with van der Waals surface area (Å²) in [5.41, 5.74) is 0. The van der Waals surface area contributed by atoms with Crippen LogP contribution < -0.4 is 0 Å². The fourth-order valence-corrected chi connectivity index (χ4v) is 3.24. The smallest absolute Gasteiger partial charge is 0.306 e. The number of nitrogens with zero attached hydrogens (tertiary/aromatic N) is 1. The number of aliphatic hydroxyl groups excluding tert-OH is 1. The number of carbonyl (C=O) groups is 1. The van der Waals surface area contributed by atoms with Gasteiger partial charge in [0.2, 0.25) is 0 Å². The summed E-state index contributed by atoms with van der Waals surface area (Å²) < 4.78 is 5.64. The predicted molar refractivity (Wildman–Crippen MR) is 94.5 cm³/mol. The third-order valence-electron chi connectivity index (χ3n) is 4.67. The molecule has 0 bridgehead atoms. The monoisotopic (exact) mass is 327 g/mol. The Balaban J connectivity index is 2.11. The van der Waals surface area contributed by atoms with Gasteiger partial charge in [-0.1, -0.05) is 26.2 Å². The summed E-state index contributed by atoms with van der Waals surface area (Å²) in [6.45, 7) is 5.96. The van der Waals surface area contributed by atoms with E-state index in [2.05, 4.69) is 11.8 Å². The highest BCUT2D eigenvalue weighted by molar-refractivity contribution is 5.69. The van der Waals surface area contributed by atoms with Crippen molar-refractivity contribution in [2.24, 2.45) is 0 Å². The van der Waals surface area contributed by atoms with Gasteiger partial charge in [-0.15, -0.1) is 0 Å². The standard InChI is InChI=1S/C19H37NO3/c1-2-3-4-5-11-18(12-10-17-21)23-19(22)13-6-7-14-20-15-8-9-16-20/h18,21H,2-17H2,1H3. The number of rotatable bonds is 14. The Bertz CT molecular complexity index is 290. The van der Waals surface area contributed by atoms with E-state index in [9.17, 15) is 4.79 Å². The van der Waals surface area contributed by atoms with Crippen molar-refractivity contribution in [3.63, 3.8) is 0 Å². The first-order chi connectivity index (χ1) is 11.3. The van der Waals surface area contributed by atoms with Gasteiger partial charge in [0.15, 0.2) is 0 Å². The summed E-state index contributed by atoms with van der Waals surface area (Å²) in [4.78, 5) is 14.5. The Morgan fingerprint density at radius 1 is 1.04 bits per heavy atom. The van der Waals surface area contributed by atoms with E-state index < -0.39 is 0 Å². The van der Waals surface area contributed by atoms with Crippen molar-refractivity contribution in [2.45, 2.75) is 90.1 Å². The molecule has 1 rings (SSSR count). The third-order valence-corrected chi connectivity index (χ3v) is 4.67. The molecule has 136 valence electrons. The molecule has 0 radical (unpaired) electrons. The zero-order valence-corrected chi connectivity index (χ0v) is 15.1. The first kappa shape index (κ1) is 20.4. The molecule has 4 heteroatoms. The predicted octanol–water partition coefficient (Wildman–Crippen LogP) is 3.91. The molecule has 1 aliphatic heterocycles. The maximum atomic E-state index is 12.0. The molecule has 0 aromatic rings. The Hall–Kier alpha value is -0.610. The average molecular weight is 328 g/mol. The molecule has 1 heterocycles. The summed E-state index contributed by atoms with van der Waals surface area (Å²) in [5.74, 6) is -0.0511. The number of aliphatic hydroxyl groups is 1. The van der Waals surface area contributed by atoms with Gasteiger partial charge < -0.3 is 14.7 Å². The van der Waals surface area contributed by atoms with E-state index in [1.165, 1.54) is 45.2 Å². The SMILES string of the molecule is CCCCCCC(CCCO)OC(=O)CCCCN1CCCC1. The van der Waals surface area contributed by atoms with Crippen LogP contribution in [-0.2, 0) is 9.53 Å². The van der Waals surface area contributed by atoms with E-state index in [4.69, 9.17) is 9.84 Å². The minimum atomic E-state index is -0.0511. The fraction of sp³-hybridized carbons (Fsp3) is 0.947. The van der Waals surface area contributed by atoms with E-state index >= 15 is 0 Å². The van der Waals surface area contributed by atoms with E-state index in [-0.39, 0.29) is 18.7 Å². The average Bonchev–Trinajstić information content (AvgIpc) is 3.06. The van der Waals surface area contributed by atoms with Gasteiger partial charge >= 0.3 is 5.97 Å². The van der Waals surface area contributed by atoms with E-state index in [1.54, 1.807) is 0 Å². The van der Waals surface area contributed by atoms with Crippen molar-refractivity contribution >= 4 is 5.97 Å². The lowest BCUT2D eigenvalue weighted by Crippen LogP contribution is -2.21. The van der Waals surface area contributed by atoms with Crippen LogP contribution in [0.2, 0.25) is 0 Å². The van der Waals surface area contributed by atoms with Crippen molar-refractivity contribution in [1.29, 1.82) is 0 Å². The van der Waals surface area contributed by atoms with Crippen LogP contribution in [0.1, 0.15) is 84.0 Å². The minimum Gasteiger partial charge on any atom is -0.462 e. The van der Waals surface area contributed by atoms with Crippen LogP contribution in [0, 0.1) is 0 Å². The number of carbonyl (C=O) groups excluding carboxylic acids is 1. The van der Waals surface area contributed by atoms with Gasteiger partial charge in [-0.05, 0) is 71.0 Å². The van der Waals surface area contributed by atoms with E-state index in [0.29, 0.717) is 6.42 Å². The van der Waals surface area contributed by atoms with Crippen LogP contribution in [0.3, 0.4) is 0 Å². The summed E-state index contributed by atoms with van der Waals surface area (Å²) >= 11 is 0. The minimum absolute atomic E-state index is 0.00471. The maximum absolute atomic E-state index is 12.0. The van der Waals surface area contributed by atoms with Gasteiger partial charge in [-0.3, -0.25) is 4.79 Å². The van der Waals surface area contributed by atoms with E-state index in [0.717, 1.165) is 45.1 Å². The van der Waals surface area contributed by atoms with Crippen LogP contribution in [-0.4, -0.2) is 48.3 Å². The fourth-order valence-electron chi connectivity index (χ4n) is 3.24. The molecule has 0 saturated carbocycles. The molecule has 1 N–H and O–H groups in total. The van der Waals surface area contributed by atoms with Crippen LogP contribution in [0.15, 0.2) is 0 Å². The summed E-state index contributed by atoms with van der Waals surface area (Å²) in [6, 6.07) is 0. The lowest BCUT2D eigenvalue weighted by molar-refractivity contribution is -0.150. The topological polar surface area (TPSA) is 49.8 Å². The van der Waals surface area contributed by atoms with Gasteiger partial charge in [-0.2, -0.15) is 0 Å². The molecule has 23 heavy (non-hydrogen) atoms. The second-order valence-corrected chi connectivity index (χ2v) is 6.83. The zero-order chi connectivity index (χ0) is 16.8. The van der Waals surface area contributed by atoms with Crippen LogP contribution in [0.5, 0.6) is 0 Å². The largest absolute Gasteiger partial charge is 0.462 e. The number of likely N-dealkylation sites (tertiary alicyclic amines) is 1. The van der Waals surface area contributed by atoms with Crippen LogP contribution in [0.25, 0.3) is 0 Å². The Morgan fingerprint density at radius 2 is 1.78 bits per heavy atom. The molecule has 1 atom stereocenters. The zero-order valence-electron chi connectivity index (χ0n) is 15.1. The normalized spacial score (nSPS) is 16.6. The molecule has 0 amide bonds. The lowest BCUT2D eigenvalue weighted by atomic mass is 10.1. The number of unbranched alkanes of at least 4 members (excludes halogenated alkanes) is 4. The Morgan fingerprint density at radius 3 is 2.48 bits per heavy atom. The molecule has 1 unspecified atom stereocenters. The number of hydrogen-bond acceptors (Lipinski definition) is 4. The van der Waals surface area contributed by atoms with Crippen molar-refractivity contribution in [3.8, 4) is 0 Å². The van der Waals surface area contributed by atoms with Gasteiger partial charge in [0.25, 0.3) is 0 Å². The van der Waals surface area contributed by atoms with Crippen molar-refractivity contribution in [3.05, 3.63) is 0 Å². The molecule has 0 aliphatic carbocycles. The summed E-state index contributed by atoms with van der Waals surface area (Å²) in [7, 11) is 0. The van der Waals surface area contributed by atoms with Crippen LogP contribution >= 0.6 is 0 Å². The first-order valence-corrected chi connectivity index (χ1v) is 9.79. The third kappa shape index (κ3) is 10.7. The van der Waals surface area contributed by atoms with Gasteiger partial charge in [-0.25, -0.2) is 0 Å². The highest BCUT2D eigenvalue weighted by atomic mass is 16.5. The highest BCUT2D eigenvalue weighted by Crippen LogP contribution is 2.15. The van der Waals surface area contributed by atoms with Gasteiger partial charge in [0.1, 0.15) is 6.10 Å². The summed E-state index contributed by atoms with van der Waals surface area (Å²) in [5, 5.41) is 8.99. The Labute approximate surface area is 142 Å². The number of hydrogen-bond donors (Lipinski definition) is 1. The molecule has 1 fully saturated rings. The first-order valence-electron chi connectivity index (χ1n) is 9.79. The molecule has 1 aliphatic rings. The molecular weight excluding hydrogens is 290 g/mol. The second kappa shape index (κ2) is 13.8. The van der Waals surface area contributed by atoms with Crippen molar-refractivity contribution in [2.75, 3.05) is 26.2 Å². The number of ether oxygens (including phenoxy) is 1. The van der Waals surface area contributed by atoms with Crippen LogP contribution in [0.4, 0.5) is 0 Å². The quantitative estimate of drug-likeness (QED) is 0.388. The van der Waals surface area contributed by atoms with Crippen molar-refractivity contribution < 1.29 is 14.6 Å². The maximum Gasteiger partial charge on any atom is 0.306 e. The van der Waals surface area contributed by atoms with E-state index in [1.807, 2.05) is 0 Å². The molecule has 0 aromatic carbocycles. The number of esters is 1. The highest BCUT2D eigenvalue weighted by Gasteiger charge is 2.15. The molecule has 0 aromatic heterocycles. The molecule has 0 spiro atoms. The van der Waals surface area contributed by atoms with Crippen molar-refractivity contribution in [1.82, 2.24) is 4.90 Å². The second-order valence-electron chi connectivity index (χ2n) is 6.83. The Kier molecular flexibility index (Phi) is 12.3. The summed E-state index contributed by atoms with van der Waals surface area (Å²) in [6.07, 6.45) is 12.5. The van der Waals surface area contributed by atoms with Gasteiger partial charge in [0.05, 0.1) is 0 Å². The molecule has 4 nitrogen and oxygen atoms in total. The van der Waals surface area contributed by atoms with Gasteiger partial charge in [0, 0.05) is 13.0 Å². The molecule has 1 saturated heterocycles.